The van der Waals surface area contributed by atoms with Crippen LogP contribution in [0.1, 0.15) is 44.3 Å². The Kier molecular flexibility index (Phi) is 4.72. The fourth-order valence-corrected chi connectivity index (χ4v) is 3.15. The van der Waals surface area contributed by atoms with Gasteiger partial charge in [0.25, 0.3) is 0 Å². The van der Waals surface area contributed by atoms with Crippen LogP contribution in [-0.2, 0) is 4.79 Å². The van der Waals surface area contributed by atoms with Gasteiger partial charge in [0.1, 0.15) is 0 Å². The average Bonchev–Trinajstić information content (AvgIpc) is 2.90. The molecule has 0 aromatic carbocycles. The maximum atomic E-state index is 10.9. The molecule has 1 unspecified atom stereocenters. The molecule has 1 aromatic heterocycles. The fraction of sp³-hybridized carbons (Fsp3) is 0.692. The van der Waals surface area contributed by atoms with Gasteiger partial charge < -0.3 is 10.4 Å². The van der Waals surface area contributed by atoms with Crippen LogP contribution >= 0.6 is 11.3 Å². The molecule has 0 aliphatic heterocycles. The Morgan fingerprint density at radius 1 is 1.56 bits per heavy atom. The second kappa shape index (κ2) is 6.29. The first-order chi connectivity index (χ1) is 8.66. The van der Waals surface area contributed by atoms with Crippen molar-refractivity contribution < 1.29 is 9.90 Å². The van der Waals surface area contributed by atoms with Gasteiger partial charge in [-0.15, -0.1) is 11.3 Å². The zero-order chi connectivity index (χ0) is 13.0. The van der Waals surface area contributed by atoms with Gasteiger partial charge in [0.15, 0.2) is 0 Å². The number of aromatic nitrogens is 1. The first kappa shape index (κ1) is 13.5. The summed E-state index contributed by atoms with van der Waals surface area (Å²) >= 11 is 1.62. The maximum Gasteiger partial charge on any atom is 0.306 e. The second-order valence-electron chi connectivity index (χ2n) is 5.10. The topological polar surface area (TPSA) is 62.2 Å². The monoisotopic (exact) mass is 268 g/mol. The van der Waals surface area contributed by atoms with E-state index in [0.29, 0.717) is 5.92 Å². The zero-order valence-electron chi connectivity index (χ0n) is 10.6. The largest absolute Gasteiger partial charge is 0.481 e. The van der Waals surface area contributed by atoms with Gasteiger partial charge in [-0.1, -0.05) is 0 Å². The van der Waals surface area contributed by atoms with E-state index >= 15 is 0 Å². The molecule has 1 atom stereocenters. The Morgan fingerprint density at radius 3 is 2.83 bits per heavy atom. The SMILES string of the molecule is CC(NCC1CCC(C(=O)O)CC1)c1cscn1. The molecule has 0 radical (unpaired) electrons. The third-order valence-electron chi connectivity index (χ3n) is 3.80. The average molecular weight is 268 g/mol. The molecular formula is C13H20N2O2S. The summed E-state index contributed by atoms with van der Waals surface area (Å²) in [5.74, 6) is -0.129. The lowest BCUT2D eigenvalue weighted by molar-refractivity contribution is -0.143. The normalized spacial score (nSPS) is 25.8. The van der Waals surface area contributed by atoms with E-state index in [9.17, 15) is 4.79 Å². The molecule has 1 fully saturated rings. The molecule has 5 heteroatoms. The van der Waals surface area contributed by atoms with Crippen LogP contribution in [0.25, 0.3) is 0 Å². The van der Waals surface area contributed by atoms with Crippen LogP contribution < -0.4 is 5.32 Å². The predicted molar refractivity (Wildman–Crippen MR) is 71.6 cm³/mol. The Labute approximate surface area is 111 Å². The summed E-state index contributed by atoms with van der Waals surface area (Å²) in [6, 6.07) is 0.286. The maximum absolute atomic E-state index is 10.9. The zero-order valence-corrected chi connectivity index (χ0v) is 11.4. The van der Waals surface area contributed by atoms with Crippen LogP contribution in [0.5, 0.6) is 0 Å². The number of thiazole rings is 1. The quantitative estimate of drug-likeness (QED) is 0.862. The molecule has 1 aromatic rings. The number of carbonyl (C=O) groups is 1. The fourth-order valence-electron chi connectivity index (χ4n) is 2.50. The molecular weight excluding hydrogens is 248 g/mol. The lowest BCUT2D eigenvalue weighted by atomic mass is 9.82. The molecule has 100 valence electrons. The first-order valence-corrected chi connectivity index (χ1v) is 7.45. The summed E-state index contributed by atoms with van der Waals surface area (Å²) in [5.41, 5.74) is 2.95. The summed E-state index contributed by atoms with van der Waals surface area (Å²) in [4.78, 5) is 15.2. The number of carboxylic acid groups (broad SMARTS) is 1. The minimum atomic E-state index is -0.628. The molecule has 2 N–H and O–H groups in total. The Balaban J connectivity index is 1.71. The molecule has 2 rings (SSSR count). The Bertz CT molecular complexity index is 372. The molecule has 0 amide bonds. The van der Waals surface area contributed by atoms with E-state index in [1.165, 1.54) is 0 Å². The number of rotatable bonds is 5. The van der Waals surface area contributed by atoms with Crippen LogP contribution in [0.15, 0.2) is 10.9 Å². The molecule has 18 heavy (non-hydrogen) atoms. The van der Waals surface area contributed by atoms with Gasteiger partial charge >= 0.3 is 5.97 Å². The van der Waals surface area contributed by atoms with Crippen molar-refractivity contribution in [2.75, 3.05) is 6.54 Å². The standard InChI is InChI=1S/C13H20N2O2S/c1-9(12-7-18-8-15-12)14-6-10-2-4-11(5-3-10)13(16)17/h7-11,14H,2-6H2,1H3,(H,16,17). The van der Waals surface area contributed by atoms with Gasteiger partial charge in [0.2, 0.25) is 0 Å². The summed E-state index contributed by atoms with van der Waals surface area (Å²) in [7, 11) is 0. The van der Waals surface area contributed by atoms with Crippen molar-refractivity contribution in [3.05, 3.63) is 16.6 Å². The number of carboxylic acids is 1. The minimum absolute atomic E-state index is 0.114. The summed E-state index contributed by atoms with van der Waals surface area (Å²) in [5, 5.41) is 14.5. The van der Waals surface area contributed by atoms with E-state index in [0.717, 1.165) is 37.9 Å². The molecule has 1 aliphatic carbocycles. The first-order valence-electron chi connectivity index (χ1n) is 6.51. The second-order valence-corrected chi connectivity index (χ2v) is 5.82. The lowest BCUT2D eigenvalue weighted by Crippen LogP contribution is -2.30. The third kappa shape index (κ3) is 3.53. The van der Waals surface area contributed by atoms with Gasteiger partial charge in [0.05, 0.1) is 17.1 Å². The van der Waals surface area contributed by atoms with Crippen LogP contribution in [0.3, 0.4) is 0 Å². The van der Waals surface area contributed by atoms with Crippen molar-refractivity contribution in [1.29, 1.82) is 0 Å². The minimum Gasteiger partial charge on any atom is -0.481 e. The van der Waals surface area contributed by atoms with Crippen LogP contribution in [0, 0.1) is 11.8 Å². The summed E-state index contributed by atoms with van der Waals surface area (Å²) in [6.07, 6.45) is 3.70. The van der Waals surface area contributed by atoms with E-state index in [-0.39, 0.29) is 12.0 Å². The highest BCUT2D eigenvalue weighted by Gasteiger charge is 2.25. The highest BCUT2D eigenvalue weighted by Crippen LogP contribution is 2.28. The van der Waals surface area contributed by atoms with Crippen molar-refractivity contribution in [2.24, 2.45) is 11.8 Å². The highest BCUT2D eigenvalue weighted by molar-refractivity contribution is 7.07. The van der Waals surface area contributed by atoms with Crippen molar-refractivity contribution in [3.63, 3.8) is 0 Å². The van der Waals surface area contributed by atoms with Crippen molar-refractivity contribution >= 4 is 17.3 Å². The van der Waals surface area contributed by atoms with E-state index in [2.05, 4.69) is 22.6 Å². The van der Waals surface area contributed by atoms with E-state index in [4.69, 9.17) is 5.11 Å². The molecule has 0 spiro atoms. The highest BCUT2D eigenvalue weighted by atomic mass is 32.1. The predicted octanol–water partition coefficient (Wildman–Crippen LogP) is 2.68. The van der Waals surface area contributed by atoms with Crippen molar-refractivity contribution in [2.45, 2.75) is 38.6 Å². The number of hydrogen-bond donors (Lipinski definition) is 2. The Morgan fingerprint density at radius 2 is 2.28 bits per heavy atom. The summed E-state index contributed by atoms with van der Waals surface area (Å²) < 4.78 is 0. The number of hydrogen-bond acceptors (Lipinski definition) is 4. The number of nitrogens with one attached hydrogen (secondary N) is 1. The van der Waals surface area contributed by atoms with Gasteiger partial charge in [0, 0.05) is 11.4 Å². The van der Waals surface area contributed by atoms with Gasteiger partial charge in [-0.2, -0.15) is 0 Å². The van der Waals surface area contributed by atoms with Gasteiger partial charge in [-0.25, -0.2) is 4.98 Å². The van der Waals surface area contributed by atoms with Crippen LogP contribution in [0.4, 0.5) is 0 Å². The summed E-state index contributed by atoms with van der Waals surface area (Å²) in [6.45, 7) is 3.09. The molecule has 1 heterocycles. The molecule has 1 aliphatic rings. The molecule has 1 saturated carbocycles. The van der Waals surface area contributed by atoms with Crippen molar-refractivity contribution in [1.82, 2.24) is 10.3 Å². The van der Waals surface area contributed by atoms with E-state index in [1.807, 2.05) is 5.51 Å². The molecule has 4 nitrogen and oxygen atoms in total. The number of aliphatic carboxylic acids is 1. The molecule has 0 saturated heterocycles. The third-order valence-corrected chi connectivity index (χ3v) is 4.41. The van der Waals surface area contributed by atoms with Gasteiger partial charge in [-0.05, 0) is 45.1 Å². The lowest BCUT2D eigenvalue weighted by Gasteiger charge is -2.27. The number of nitrogens with zero attached hydrogens (tertiary/aromatic N) is 1. The Hall–Kier alpha value is -0.940. The smallest absolute Gasteiger partial charge is 0.306 e. The van der Waals surface area contributed by atoms with E-state index in [1.54, 1.807) is 11.3 Å². The van der Waals surface area contributed by atoms with Gasteiger partial charge in [-0.3, -0.25) is 4.79 Å². The van der Waals surface area contributed by atoms with Crippen LogP contribution in [0.2, 0.25) is 0 Å². The molecule has 0 bridgehead atoms. The van der Waals surface area contributed by atoms with Crippen molar-refractivity contribution in [3.8, 4) is 0 Å². The van der Waals surface area contributed by atoms with E-state index < -0.39 is 5.97 Å². The van der Waals surface area contributed by atoms with Crippen LogP contribution in [-0.4, -0.2) is 22.6 Å².